The van der Waals surface area contributed by atoms with E-state index < -0.39 is 15.8 Å². The molecule has 0 saturated heterocycles. The lowest BCUT2D eigenvalue weighted by Crippen LogP contribution is -2.38. The summed E-state index contributed by atoms with van der Waals surface area (Å²) in [6.07, 6.45) is -0.129. The van der Waals surface area contributed by atoms with Crippen LogP contribution in [0.2, 0.25) is 0 Å². The highest BCUT2D eigenvalue weighted by Crippen LogP contribution is 2.69. The van der Waals surface area contributed by atoms with Gasteiger partial charge >= 0.3 is 0 Å². The van der Waals surface area contributed by atoms with Gasteiger partial charge in [-0.05, 0) is 73.4 Å². The van der Waals surface area contributed by atoms with Crippen LogP contribution in [0.25, 0.3) is 0 Å². The van der Waals surface area contributed by atoms with Gasteiger partial charge in [0.05, 0.1) is 10.6 Å². The minimum absolute atomic E-state index is 0.0583. The summed E-state index contributed by atoms with van der Waals surface area (Å²) < 4.78 is 28.2. The molecule has 4 nitrogen and oxygen atoms in total. The third-order valence-corrected chi connectivity index (χ3v) is 15.8. The van der Waals surface area contributed by atoms with E-state index in [-0.39, 0.29) is 34.2 Å². The molecule has 0 amide bonds. The monoisotopic (exact) mass is 682 g/mol. The Bertz CT molecular complexity index is 1560. The second-order valence-corrected chi connectivity index (χ2v) is 21.8. The Morgan fingerprint density at radius 3 is 1.17 bits per heavy atom. The molecule has 2 heterocycles. The summed E-state index contributed by atoms with van der Waals surface area (Å²) in [5.74, 6) is 4.06. The van der Waals surface area contributed by atoms with Crippen LogP contribution in [0.1, 0.15) is 92.6 Å². The predicted octanol–water partition coefficient (Wildman–Crippen LogP) is 11.2. The summed E-state index contributed by atoms with van der Waals surface area (Å²) in [4.78, 5) is 0. The van der Waals surface area contributed by atoms with Gasteiger partial charge in [0.15, 0.2) is 11.7 Å². The quantitative estimate of drug-likeness (QED) is 0.165. The zero-order chi connectivity index (χ0) is 34.4. The molecule has 2 aliphatic rings. The zero-order valence-corrected chi connectivity index (χ0v) is 32.0. The fraction of sp³-hybridized carbons (Fsp3) is 0.429. The molecule has 2 aliphatic heterocycles. The number of benzene rings is 4. The molecule has 0 N–H and O–H groups in total. The van der Waals surface area contributed by atoms with Gasteiger partial charge in [0, 0.05) is 0 Å². The first-order chi connectivity index (χ1) is 22.8. The van der Waals surface area contributed by atoms with Gasteiger partial charge in [-0.2, -0.15) is 0 Å². The van der Waals surface area contributed by atoms with Crippen LogP contribution >= 0.6 is 15.8 Å². The maximum Gasteiger partial charge on any atom is 0.162 e. The molecule has 0 saturated carbocycles. The standard InChI is InChI=1S/C42H52O4P2/c1-27(2)35(29-19-13-11-14-20-29)43-31-23-17-25-33-37(31)47(41(5,6)7)39(45-33)40-46-34-26-18-24-32(38(34)48(40)42(8,9)10)44-36(28(3)4)30-21-15-12-16-22-30/h11-28,35-36,39-40H,1-10H3/t35?,36?,39?,40?,47-,48+. The highest BCUT2D eigenvalue weighted by atomic mass is 31.1. The van der Waals surface area contributed by atoms with Crippen LogP contribution in [0, 0.1) is 11.8 Å². The summed E-state index contributed by atoms with van der Waals surface area (Å²) in [6.45, 7) is 23.0. The van der Waals surface area contributed by atoms with Crippen molar-refractivity contribution in [3.05, 3.63) is 108 Å². The molecule has 4 aromatic carbocycles. The normalized spacial score (nSPS) is 21.7. The van der Waals surface area contributed by atoms with E-state index in [0.717, 1.165) is 23.0 Å². The Hall–Kier alpha value is -3.06. The van der Waals surface area contributed by atoms with E-state index in [1.165, 1.54) is 21.7 Å². The molecule has 0 fully saturated rings. The minimum Gasteiger partial charge on any atom is -0.485 e. The van der Waals surface area contributed by atoms with Gasteiger partial charge in [-0.1, -0.05) is 142 Å². The SMILES string of the molecule is CC(C)C(Oc1cccc2c1[P@@](C(C)(C)C)C(C1Oc3cccc(OC(c4ccccc4)C(C)C)c3[P@]1C(C)(C)C)O2)c1ccccc1. The summed E-state index contributed by atoms with van der Waals surface area (Å²) in [5.41, 5.74) is 2.38. The van der Waals surface area contributed by atoms with Gasteiger partial charge < -0.3 is 18.9 Å². The number of ether oxygens (including phenoxy) is 4. The van der Waals surface area contributed by atoms with Crippen molar-refractivity contribution in [1.82, 2.24) is 0 Å². The van der Waals surface area contributed by atoms with Gasteiger partial charge in [-0.3, -0.25) is 0 Å². The maximum absolute atomic E-state index is 7.10. The Balaban J connectivity index is 1.40. The molecule has 0 spiro atoms. The van der Waals surface area contributed by atoms with E-state index in [9.17, 15) is 0 Å². The number of fused-ring (bicyclic) bond motifs is 2. The van der Waals surface area contributed by atoms with E-state index in [4.69, 9.17) is 18.9 Å². The van der Waals surface area contributed by atoms with Crippen molar-refractivity contribution in [2.75, 3.05) is 0 Å². The van der Waals surface area contributed by atoms with Crippen molar-refractivity contribution >= 4 is 26.5 Å². The zero-order valence-electron chi connectivity index (χ0n) is 30.2. The van der Waals surface area contributed by atoms with Crippen molar-refractivity contribution in [2.45, 2.75) is 103 Å². The lowest BCUT2D eigenvalue weighted by atomic mass is 9.99. The molecule has 6 rings (SSSR count). The Morgan fingerprint density at radius 2 is 0.854 bits per heavy atom. The van der Waals surface area contributed by atoms with Crippen LogP contribution in [0.15, 0.2) is 97.1 Å². The lowest BCUT2D eigenvalue weighted by Gasteiger charge is -2.40. The molecule has 0 aromatic heterocycles. The largest absolute Gasteiger partial charge is 0.485 e. The van der Waals surface area contributed by atoms with Crippen LogP contribution in [-0.4, -0.2) is 22.0 Å². The fourth-order valence-corrected chi connectivity index (χ4v) is 13.7. The Labute approximate surface area is 291 Å². The number of hydrogen-bond donors (Lipinski definition) is 0. The summed E-state index contributed by atoms with van der Waals surface area (Å²) >= 11 is 0. The first-order valence-electron chi connectivity index (χ1n) is 17.4. The van der Waals surface area contributed by atoms with Crippen molar-refractivity contribution in [1.29, 1.82) is 0 Å². The molecule has 0 bridgehead atoms. The molecule has 4 unspecified atom stereocenters. The third-order valence-electron chi connectivity index (χ3n) is 9.07. The molecule has 6 atom stereocenters. The van der Waals surface area contributed by atoms with Crippen molar-refractivity contribution in [3.8, 4) is 23.0 Å². The molecule has 48 heavy (non-hydrogen) atoms. The predicted molar refractivity (Wildman–Crippen MR) is 204 cm³/mol. The van der Waals surface area contributed by atoms with E-state index >= 15 is 0 Å². The average molecular weight is 683 g/mol. The minimum atomic E-state index is -0.862. The topological polar surface area (TPSA) is 36.9 Å². The van der Waals surface area contributed by atoms with Crippen LogP contribution < -0.4 is 29.6 Å². The second-order valence-electron chi connectivity index (χ2n) is 15.7. The van der Waals surface area contributed by atoms with Gasteiger partial charge in [0.1, 0.15) is 35.2 Å². The summed E-state index contributed by atoms with van der Waals surface area (Å²) in [6, 6.07) is 33.9. The lowest BCUT2D eigenvalue weighted by molar-refractivity contribution is 0.153. The molecule has 4 aromatic rings. The summed E-state index contributed by atoms with van der Waals surface area (Å²) in [7, 11) is -1.72. The first kappa shape index (κ1) is 34.8. The van der Waals surface area contributed by atoms with E-state index in [1.54, 1.807) is 0 Å². The fourth-order valence-electron chi connectivity index (χ4n) is 7.02. The number of rotatable bonds is 9. The van der Waals surface area contributed by atoms with Crippen molar-refractivity contribution in [2.24, 2.45) is 11.8 Å². The van der Waals surface area contributed by atoms with Crippen LogP contribution in [0.3, 0.4) is 0 Å². The first-order valence-corrected chi connectivity index (χ1v) is 20.2. The molecule has 254 valence electrons. The number of hydrogen-bond acceptors (Lipinski definition) is 4. The highest BCUT2D eigenvalue weighted by Gasteiger charge is 2.55. The van der Waals surface area contributed by atoms with Crippen molar-refractivity contribution < 1.29 is 18.9 Å². The smallest absolute Gasteiger partial charge is 0.162 e. The van der Waals surface area contributed by atoms with Gasteiger partial charge in [-0.15, -0.1) is 0 Å². The molecule has 0 radical (unpaired) electrons. The van der Waals surface area contributed by atoms with Gasteiger partial charge in [0.25, 0.3) is 0 Å². The molecular weight excluding hydrogens is 630 g/mol. The Morgan fingerprint density at radius 1 is 0.500 bits per heavy atom. The van der Waals surface area contributed by atoms with Crippen LogP contribution in [0.5, 0.6) is 23.0 Å². The van der Waals surface area contributed by atoms with Crippen molar-refractivity contribution in [3.63, 3.8) is 0 Å². The average Bonchev–Trinajstić information content (AvgIpc) is 3.63. The summed E-state index contributed by atoms with van der Waals surface area (Å²) in [5, 5.41) is 2.32. The van der Waals surface area contributed by atoms with Crippen LogP contribution in [-0.2, 0) is 0 Å². The Kier molecular flexibility index (Phi) is 9.92. The van der Waals surface area contributed by atoms with Crippen LogP contribution in [0.4, 0.5) is 0 Å². The second kappa shape index (κ2) is 13.7. The maximum atomic E-state index is 7.10. The van der Waals surface area contributed by atoms with E-state index in [0.29, 0.717) is 11.8 Å². The van der Waals surface area contributed by atoms with Gasteiger partial charge in [0.2, 0.25) is 0 Å². The highest BCUT2D eigenvalue weighted by molar-refractivity contribution is 7.72. The molecule has 0 aliphatic carbocycles. The van der Waals surface area contributed by atoms with E-state index in [2.05, 4.69) is 166 Å². The van der Waals surface area contributed by atoms with Gasteiger partial charge in [-0.25, -0.2) is 0 Å². The molecule has 6 heteroatoms. The van der Waals surface area contributed by atoms with E-state index in [1.807, 2.05) is 0 Å². The third kappa shape index (κ3) is 6.86. The molecular formula is C42H52O4P2.